The first-order chi connectivity index (χ1) is 8.72. The molecular formula is C16H30N2. The molecule has 3 rings (SSSR count). The van der Waals surface area contributed by atoms with Gasteiger partial charge in [0.15, 0.2) is 0 Å². The predicted molar refractivity (Wildman–Crippen MR) is 76.8 cm³/mol. The molecule has 0 spiro atoms. The van der Waals surface area contributed by atoms with Gasteiger partial charge >= 0.3 is 0 Å². The van der Waals surface area contributed by atoms with Crippen molar-refractivity contribution in [3.05, 3.63) is 0 Å². The van der Waals surface area contributed by atoms with Gasteiger partial charge in [0.2, 0.25) is 0 Å². The number of piperidine rings is 2. The molecule has 1 saturated carbocycles. The van der Waals surface area contributed by atoms with Crippen molar-refractivity contribution in [2.45, 2.75) is 88.9 Å². The van der Waals surface area contributed by atoms with Gasteiger partial charge in [-0.3, -0.25) is 0 Å². The molecule has 3 atom stereocenters. The minimum Gasteiger partial charge on any atom is -0.311 e. The normalized spacial score (nSPS) is 39.3. The highest BCUT2D eigenvalue weighted by molar-refractivity contribution is 4.94. The monoisotopic (exact) mass is 250 g/mol. The van der Waals surface area contributed by atoms with Crippen LogP contribution in [0.15, 0.2) is 0 Å². The summed E-state index contributed by atoms with van der Waals surface area (Å²) in [7, 11) is 2.35. The van der Waals surface area contributed by atoms with Crippen LogP contribution in [0.3, 0.4) is 0 Å². The summed E-state index contributed by atoms with van der Waals surface area (Å²) >= 11 is 0. The van der Waals surface area contributed by atoms with E-state index in [1.165, 1.54) is 57.8 Å². The van der Waals surface area contributed by atoms with Gasteiger partial charge in [0.05, 0.1) is 0 Å². The lowest BCUT2D eigenvalue weighted by atomic mass is 9.79. The Kier molecular flexibility index (Phi) is 3.95. The van der Waals surface area contributed by atoms with E-state index < -0.39 is 0 Å². The molecule has 0 radical (unpaired) electrons. The minimum absolute atomic E-state index is 0.740. The van der Waals surface area contributed by atoms with Gasteiger partial charge in [-0.25, -0.2) is 0 Å². The average molecular weight is 250 g/mol. The van der Waals surface area contributed by atoms with Crippen LogP contribution in [0.2, 0.25) is 0 Å². The number of fused-ring (bicyclic) bond motifs is 2. The topological polar surface area (TPSA) is 15.3 Å². The summed E-state index contributed by atoms with van der Waals surface area (Å²) in [5.41, 5.74) is 0. The van der Waals surface area contributed by atoms with Gasteiger partial charge in [-0.15, -0.1) is 0 Å². The Morgan fingerprint density at radius 2 is 1.67 bits per heavy atom. The van der Waals surface area contributed by atoms with Crippen molar-refractivity contribution in [1.82, 2.24) is 10.2 Å². The van der Waals surface area contributed by atoms with Gasteiger partial charge in [-0.2, -0.15) is 0 Å². The second-order valence-electron chi connectivity index (χ2n) is 7.17. The molecule has 2 heteroatoms. The largest absolute Gasteiger partial charge is 0.311 e. The zero-order valence-electron chi connectivity index (χ0n) is 12.2. The zero-order chi connectivity index (χ0) is 12.5. The molecule has 2 nitrogen and oxygen atoms in total. The van der Waals surface area contributed by atoms with Crippen LogP contribution in [-0.2, 0) is 0 Å². The molecule has 2 bridgehead atoms. The number of nitrogens with one attached hydrogen (secondary N) is 1. The maximum atomic E-state index is 3.94. The third kappa shape index (κ3) is 2.75. The molecule has 0 amide bonds. The molecule has 2 heterocycles. The van der Waals surface area contributed by atoms with Crippen LogP contribution in [0.5, 0.6) is 0 Å². The summed E-state index contributed by atoms with van der Waals surface area (Å²) in [6.45, 7) is 2.41. The molecule has 0 aromatic carbocycles. The first-order valence-electron chi connectivity index (χ1n) is 8.20. The van der Waals surface area contributed by atoms with Crippen molar-refractivity contribution in [3.63, 3.8) is 0 Å². The van der Waals surface area contributed by atoms with Crippen molar-refractivity contribution in [2.24, 2.45) is 5.92 Å². The average Bonchev–Trinajstić information content (AvgIpc) is 2.25. The molecule has 2 aliphatic heterocycles. The molecular weight excluding hydrogens is 220 g/mol. The smallest absolute Gasteiger partial charge is 0.0110 e. The fourth-order valence-electron chi connectivity index (χ4n) is 4.45. The highest BCUT2D eigenvalue weighted by Crippen LogP contribution is 2.34. The van der Waals surface area contributed by atoms with Crippen molar-refractivity contribution in [1.29, 1.82) is 0 Å². The Morgan fingerprint density at radius 3 is 2.22 bits per heavy atom. The van der Waals surface area contributed by atoms with Gasteiger partial charge in [0, 0.05) is 24.2 Å². The van der Waals surface area contributed by atoms with E-state index in [0.29, 0.717) is 0 Å². The van der Waals surface area contributed by atoms with Crippen LogP contribution in [0.1, 0.15) is 64.7 Å². The van der Waals surface area contributed by atoms with Crippen molar-refractivity contribution >= 4 is 0 Å². The van der Waals surface area contributed by atoms with Gasteiger partial charge in [0.25, 0.3) is 0 Å². The van der Waals surface area contributed by atoms with Crippen LogP contribution in [-0.4, -0.2) is 36.1 Å². The predicted octanol–water partition coefficient (Wildman–Crippen LogP) is 3.17. The van der Waals surface area contributed by atoms with Crippen LogP contribution < -0.4 is 5.32 Å². The summed E-state index contributed by atoms with van der Waals surface area (Å²) in [5.74, 6) is 1.04. The van der Waals surface area contributed by atoms with Crippen molar-refractivity contribution in [2.75, 3.05) is 7.05 Å². The van der Waals surface area contributed by atoms with E-state index in [2.05, 4.69) is 24.2 Å². The number of rotatable bonds is 4. The fourth-order valence-corrected chi connectivity index (χ4v) is 4.45. The van der Waals surface area contributed by atoms with Gasteiger partial charge in [-0.05, 0) is 52.0 Å². The minimum atomic E-state index is 0.740. The van der Waals surface area contributed by atoms with E-state index >= 15 is 0 Å². The van der Waals surface area contributed by atoms with Gasteiger partial charge in [0.1, 0.15) is 0 Å². The first kappa shape index (κ1) is 12.9. The Balaban J connectivity index is 1.48. The summed E-state index contributed by atoms with van der Waals surface area (Å²) in [6.07, 6.45) is 13.0. The fraction of sp³-hybridized carbons (Fsp3) is 1.00. The van der Waals surface area contributed by atoms with Crippen molar-refractivity contribution in [3.8, 4) is 0 Å². The van der Waals surface area contributed by atoms with Gasteiger partial charge in [-0.1, -0.05) is 25.7 Å². The molecule has 18 heavy (non-hydrogen) atoms. The van der Waals surface area contributed by atoms with Gasteiger partial charge < -0.3 is 10.2 Å². The number of hydrogen-bond acceptors (Lipinski definition) is 2. The lowest BCUT2D eigenvalue weighted by molar-refractivity contribution is 0.0450. The third-order valence-electron chi connectivity index (χ3n) is 5.77. The first-order valence-corrected chi connectivity index (χ1v) is 8.20. The van der Waals surface area contributed by atoms with E-state index in [9.17, 15) is 0 Å². The molecule has 104 valence electrons. The zero-order valence-corrected chi connectivity index (χ0v) is 12.2. The van der Waals surface area contributed by atoms with Crippen LogP contribution in [0.25, 0.3) is 0 Å². The summed E-state index contributed by atoms with van der Waals surface area (Å²) in [5, 5.41) is 3.94. The Morgan fingerprint density at radius 1 is 1.06 bits per heavy atom. The molecule has 0 aromatic rings. The second kappa shape index (κ2) is 5.50. The number of hydrogen-bond donors (Lipinski definition) is 1. The maximum absolute atomic E-state index is 3.94. The molecule has 3 unspecified atom stereocenters. The molecule has 3 aliphatic rings. The highest BCUT2D eigenvalue weighted by Gasteiger charge is 2.36. The lowest BCUT2D eigenvalue weighted by Crippen LogP contribution is -2.55. The van der Waals surface area contributed by atoms with Crippen LogP contribution in [0, 0.1) is 5.92 Å². The third-order valence-corrected chi connectivity index (χ3v) is 5.77. The summed E-state index contributed by atoms with van der Waals surface area (Å²) in [6, 6.07) is 3.27. The molecule has 3 fully saturated rings. The molecule has 2 saturated heterocycles. The Hall–Kier alpha value is -0.0800. The maximum Gasteiger partial charge on any atom is 0.0110 e. The SMILES string of the molecule is CC(CC1CCC1)NC1CC2CCCC(C1)N2C. The Bertz CT molecular complexity index is 260. The van der Waals surface area contributed by atoms with E-state index in [0.717, 1.165) is 30.1 Å². The standard InChI is InChI=1S/C16H30N2/c1-12(9-13-5-3-6-13)17-14-10-15-7-4-8-16(11-14)18(15)2/h12-17H,3-11H2,1-2H3. The van der Waals surface area contributed by atoms with Crippen molar-refractivity contribution < 1.29 is 0 Å². The highest BCUT2D eigenvalue weighted by atomic mass is 15.2. The Labute approximate surface area is 113 Å². The summed E-state index contributed by atoms with van der Waals surface area (Å²) < 4.78 is 0. The molecule has 0 aromatic heterocycles. The van der Waals surface area contributed by atoms with E-state index in [4.69, 9.17) is 0 Å². The van der Waals surface area contributed by atoms with Crippen LogP contribution in [0.4, 0.5) is 0 Å². The van der Waals surface area contributed by atoms with E-state index in [1.807, 2.05) is 0 Å². The summed E-state index contributed by atoms with van der Waals surface area (Å²) in [4.78, 5) is 2.66. The lowest BCUT2D eigenvalue weighted by Gasteiger charge is -2.48. The van der Waals surface area contributed by atoms with Crippen LogP contribution >= 0.6 is 0 Å². The molecule has 1 N–H and O–H groups in total. The second-order valence-corrected chi connectivity index (χ2v) is 7.17. The number of nitrogens with zero attached hydrogens (tertiary/aromatic N) is 1. The van der Waals surface area contributed by atoms with E-state index in [1.54, 1.807) is 0 Å². The molecule has 1 aliphatic carbocycles. The van der Waals surface area contributed by atoms with E-state index in [-0.39, 0.29) is 0 Å². The quantitative estimate of drug-likeness (QED) is 0.824.